The molecule has 0 atom stereocenters. The zero-order valence-corrected chi connectivity index (χ0v) is 11.4. The third-order valence-corrected chi connectivity index (χ3v) is 3.05. The summed E-state index contributed by atoms with van der Waals surface area (Å²) in [6, 6.07) is 3.52. The number of nitro groups is 1. The summed E-state index contributed by atoms with van der Waals surface area (Å²) in [4.78, 5) is 12.6. The lowest BCUT2D eigenvalue weighted by Gasteiger charge is -2.17. The summed E-state index contributed by atoms with van der Waals surface area (Å²) in [7, 11) is 0. The zero-order chi connectivity index (χ0) is 14.3. The molecule has 0 aliphatic heterocycles. The Kier molecular flexibility index (Phi) is 6.38. The number of hydrogen-bond acceptors (Lipinski definition) is 4. The van der Waals surface area contributed by atoms with Gasteiger partial charge < -0.3 is 10.2 Å². The van der Waals surface area contributed by atoms with Gasteiger partial charge in [-0.1, -0.05) is 13.8 Å². The third kappa shape index (κ3) is 4.92. The molecular formula is C13H20FN3O2. The molecule has 0 spiro atoms. The highest BCUT2D eigenvalue weighted by atomic mass is 19.1. The molecular weight excluding hydrogens is 249 g/mol. The number of rotatable bonds is 8. The topological polar surface area (TPSA) is 58.4 Å². The van der Waals surface area contributed by atoms with Crippen LogP contribution >= 0.6 is 0 Å². The highest BCUT2D eigenvalue weighted by Crippen LogP contribution is 2.19. The lowest BCUT2D eigenvalue weighted by molar-refractivity contribution is -0.385. The molecule has 0 saturated carbocycles. The Balaban J connectivity index is 2.53. The molecule has 0 fully saturated rings. The predicted molar refractivity (Wildman–Crippen MR) is 72.5 cm³/mol. The van der Waals surface area contributed by atoms with E-state index in [1.165, 1.54) is 12.1 Å². The van der Waals surface area contributed by atoms with Crippen molar-refractivity contribution in [3.05, 3.63) is 39.7 Å². The normalized spacial score (nSPS) is 10.9. The van der Waals surface area contributed by atoms with Gasteiger partial charge in [0.15, 0.2) is 0 Å². The monoisotopic (exact) mass is 269 g/mol. The summed E-state index contributed by atoms with van der Waals surface area (Å²) in [6.45, 7) is 8.00. The van der Waals surface area contributed by atoms with Crippen molar-refractivity contribution in [1.82, 2.24) is 10.2 Å². The minimum absolute atomic E-state index is 0.0447. The lowest BCUT2D eigenvalue weighted by atomic mass is 10.1. The van der Waals surface area contributed by atoms with E-state index < -0.39 is 10.7 Å². The zero-order valence-electron chi connectivity index (χ0n) is 11.4. The van der Waals surface area contributed by atoms with E-state index in [9.17, 15) is 14.5 Å². The molecule has 1 rings (SSSR count). The fraction of sp³-hybridized carbons (Fsp3) is 0.538. The second kappa shape index (κ2) is 7.81. The standard InChI is InChI=1S/C13H20FN3O2/c1-3-16(4-2)8-7-15-10-11-9-12(14)5-6-13(11)17(18)19/h5-6,9,15H,3-4,7-8,10H2,1-2H3. The summed E-state index contributed by atoms with van der Waals surface area (Å²) >= 11 is 0. The number of nitrogens with one attached hydrogen (secondary N) is 1. The van der Waals surface area contributed by atoms with Gasteiger partial charge in [-0.3, -0.25) is 10.1 Å². The van der Waals surface area contributed by atoms with Gasteiger partial charge in [-0.05, 0) is 25.2 Å². The van der Waals surface area contributed by atoms with Crippen molar-refractivity contribution in [2.24, 2.45) is 0 Å². The van der Waals surface area contributed by atoms with Crippen LogP contribution < -0.4 is 5.32 Å². The molecule has 1 aromatic carbocycles. The first-order chi connectivity index (χ1) is 9.08. The van der Waals surface area contributed by atoms with E-state index in [4.69, 9.17) is 0 Å². The summed E-state index contributed by atoms with van der Waals surface area (Å²) in [5.41, 5.74) is 0.335. The van der Waals surface area contributed by atoms with Crippen molar-refractivity contribution >= 4 is 5.69 Å². The van der Waals surface area contributed by atoms with Gasteiger partial charge in [0, 0.05) is 31.3 Å². The van der Waals surface area contributed by atoms with Crippen molar-refractivity contribution < 1.29 is 9.31 Å². The number of likely N-dealkylation sites (N-methyl/N-ethyl adjacent to an activating group) is 1. The Labute approximate surface area is 112 Å². The van der Waals surface area contributed by atoms with E-state index in [1.54, 1.807) is 0 Å². The Bertz CT molecular complexity index is 422. The second-order valence-corrected chi connectivity index (χ2v) is 4.23. The molecule has 5 nitrogen and oxygen atoms in total. The summed E-state index contributed by atoms with van der Waals surface area (Å²) < 4.78 is 13.1. The van der Waals surface area contributed by atoms with Crippen LogP contribution in [0.1, 0.15) is 19.4 Å². The smallest absolute Gasteiger partial charge is 0.274 e. The maximum atomic E-state index is 13.1. The molecule has 0 unspecified atom stereocenters. The number of benzene rings is 1. The molecule has 0 saturated heterocycles. The highest BCUT2D eigenvalue weighted by Gasteiger charge is 2.13. The van der Waals surface area contributed by atoms with Crippen molar-refractivity contribution in [2.45, 2.75) is 20.4 Å². The van der Waals surface area contributed by atoms with Crippen LogP contribution in [0.3, 0.4) is 0 Å². The Morgan fingerprint density at radius 1 is 1.37 bits per heavy atom. The Morgan fingerprint density at radius 2 is 2.05 bits per heavy atom. The summed E-state index contributed by atoms with van der Waals surface area (Å²) in [5.74, 6) is -0.453. The molecule has 0 aliphatic carbocycles. The molecule has 1 aromatic rings. The van der Waals surface area contributed by atoms with Crippen molar-refractivity contribution in [1.29, 1.82) is 0 Å². The first-order valence-corrected chi connectivity index (χ1v) is 6.44. The van der Waals surface area contributed by atoms with Crippen LogP contribution in [0.15, 0.2) is 18.2 Å². The Morgan fingerprint density at radius 3 is 2.63 bits per heavy atom. The number of nitro benzene ring substituents is 1. The van der Waals surface area contributed by atoms with Crippen LogP contribution in [-0.2, 0) is 6.54 Å². The molecule has 0 aliphatic rings. The molecule has 0 amide bonds. The van der Waals surface area contributed by atoms with Crippen LogP contribution in [0, 0.1) is 15.9 Å². The molecule has 106 valence electrons. The second-order valence-electron chi connectivity index (χ2n) is 4.23. The van der Waals surface area contributed by atoms with E-state index in [0.29, 0.717) is 12.1 Å². The predicted octanol–water partition coefficient (Wildman–Crippen LogP) is 2.17. The molecule has 0 radical (unpaired) electrons. The largest absolute Gasteiger partial charge is 0.311 e. The highest BCUT2D eigenvalue weighted by molar-refractivity contribution is 5.40. The van der Waals surface area contributed by atoms with E-state index >= 15 is 0 Å². The van der Waals surface area contributed by atoms with Gasteiger partial charge in [-0.2, -0.15) is 0 Å². The van der Waals surface area contributed by atoms with Gasteiger partial charge >= 0.3 is 0 Å². The van der Waals surface area contributed by atoms with Gasteiger partial charge in [0.2, 0.25) is 0 Å². The van der Waals surface area contributed by atoms with Crippen LogP contribution in [0.5, 0.6) is 0 Å². The fourth-order valence-electron chi connectivity index (χ4n) is 1.87. The van der Waals surface area contributed by atoms with E-state index in [2.05, 4.69) is 24.1 Å². The lowest BCUT2D eigenvalue weighted by Crippen LogP contribution is -2.31. The van der Waals surface area contributed by atoms with Gasteiger partial charge in [0.25, 0.3) is 5.69 Å². The van der Waals surface area contributed by atoms with Crippen LogP contribution in [0.2, 0.25) is 0 Å². The average molecular weight is 269 g/mol. The Hall–Kier alpha value is -1.53. The van der Waals surface area contributed by atoms with Crippen molar-refractivity contribution in [2.75, 3.05) is 26.2 Å². The molecule has 0 heterocycles. The SMILES string of the molecule is CCN(CC)CCNCc1cc(F)ccc1[N+](=O)[O-]. The first-order valence-electron chi connectivity index (χ1n) is 6.44. The van der Waals surface area contributed by atoms with E-state index in [-0.39, 0.29) is 5.69 Å². The minimum atomic E-state index is -0.485. The fourth-order valence-corrected chi connectivity index (χ4v) is 1.87. The van der Waals surface area contributed by atoms with Crippen molar-refractivity contribution in [3.8, 4) is 0 Å². The minimum Gasteiger partial charge on any atom is -0.311 e. The average Bonchev–Trinajstić information content (AvgIpc) is 2.38. The maximum Gasteiger partial charge on any atom is 0.274 e. The molecule has 19 heavy (non-hydrogen) atoms. The van der Waals surface area contributed by atoms with Gasteiger partial charge in [-0.25, -0.2) is 4.39 Å². The number of nitrogens with zero attached hydrogens (tertiary/aromatic N) is 2. The third-order valence-electron chi connectivity index (χ3n) is 3.05. The van der Waals surface area contributed by atoms with Crippen LogP contribution in [0.4, 0.5) is 10.1 Å². The quantitative estimate of drug-likeness (QED) is 0.446. The molecule has 6 heteroatoms. The summed E-state index contributed by atoms with van der Waals surface area (Å²) in [6.07, 6.45) is 0. The van der Waals surface area contributed by atoms with Gasteiger partial charge in [0.05, 0.1) is 4.92 Å². The maximum absolute atomic E-state index is 13.1. The molecule has 0 aromatic heterocycles. The first kappa shape index (κ1) is 15.5. The molecule has 1 N–H and O–H groups in total. The van der Waals surface area contributed by atoms with Gasteiger partial charge in [0.1, 0.15) is 5.82 Å². The van der Waals surface area contributed by atoms with Gasteiger partial charge in [-0.15, -0.1) is 0 Å². The van der Waals surface area contributed by atoms with E-state index in [1.807, 2.05) is 0 Å². The number of hydrogen-bond donors (Lipinski definition) is 1. The van der Waals surface area contributed by atoms with Crippen LogP contribution in [0.25, 0.3) is 0 Å². The molecule has 0 bridgehead atoms. The van der Waals surface area contributed by atoms with E-state index in [0.717, 1.165) is 32.2 Å². The summed E-state index contributed by atoms with van der Waals surface area (Å²) in [5, 5.41) is 13.9. The number of halogens is 1. The van der Waals surface area contributed by atoms with Crippen LogP contribution in [-0.4, -0.2) is 36.0 Å². The van der Waals surface area contributed by atoms with Crippen molar-refractivity contribution in [3.63, 3.8) is 0 Å².